The normalized spacial score (nSPS) is 14.6. The Kier molecular flexibility index (Phi) is 18.8. The molecule has 26 rings (SSSR count). The number of para-hydroxylation sites is 6. The standard InChI is InChI=1S/C67H52N2.C64H46N2/c1-65(2)58-26-14-12-24-54(58)56-43-48(33-42-59(56)65)67(47-21-9-6-10-22-47)60-27-15-17-29-63(60)69(64-30-18-16-28-61(64)67)51-38-36-50(37-39-51)68(49-34-31-46(32-35-49)45-19-7-5-8-20-45)52-40-41-55-53-23-11-13-25-57(53)66(3,4)62(55)44-52;1-63(2)55-26-11-9-24-51(55)52-38-35-48(42-58(52)63)64(47-20-5-3-6-21-47)56-27-12-15-30-61(56)66(62-31-16-13-28-57(62)64)50-36-32-43(33-37-50)44-18-17-19-45(40-44)46-34-39-60-54(41-46)53-25-10-14-29-59(53)65(60)49-22-7-4-8-23-49/h5-44H,1-4H3;3-42H,1-2H3. The van der Waals surface area contributed by atoms with Crippen molar-refractivity contribution < 1.29 is 0 Å². The zero-order valence-corrected chi connectivity index (χ0v) is 76.5. The number of aromatic nitrogens is 1. The number of fused-ring (bicyclic) bond motifs is 16. The van der Waals surface area contributed by atoms with E-state index in [2.05, 4.69) is 546 Å². The zero-order valence-electron chi connectivity index (χ0n) is 76.5. The topological polar surface area (TPSA) is 14.7 Å². The Balaban J connectivity index is 0.000000144. The average Bonchev–Trinajstić information content (AvgIpc) is 0.928. The van der Waals surface area contributed by atoms with E-state index in [1.165, 1.54) is 195 Å². The van der Waals surface area contributed by atoms with Crippen LogP contribution in [-0.2, 0) is 27.1 Å². The smallest absolute Gasteiger partial charge is 0.0742 e. The van der Waals surface area contributed by atoms with E-state index in [0.29, 0.717) is 0 Å². The molecule has 3 heterocycles. The molecule has 1 aromatic heterocycles. The molecule has 3 aliphatic carbocycles. The molecule has 0 saturated carbocycles. The van der Waals surface area contributed by atoms with Gasteiger partial charge in [0.25, 0.3) is 0 Å². The molecule has 5 aliphatic rings. The third-order valence-electron chi connectivity index (χ3n) is 30.4. The van der Waals surface area contributed by atoms with Gasteiger partial charge >= 0.3 is 0 Å². The minimum Gasteiger partial charge on any atom is -0.310 e. The van der Waals surface area contributed by atoms with Crippen molar-refractivity contribution in [3.8, 4) is 72.4 Å². The highest BCUT2D eigenvalue weighted by molar-refractivity contribution is 6.11. The molecule has 0 amide bonds. The molecular formula is C131H98N4. The van der Waals surface area contributed by atoms with Gasteiger partial charge < -0.3 is 19.3 Å². The Morgan fingerprint density at radius 1 is 0.178 bits per heavy atom. The molecular weight excluding hydrogens is 1630 g/mol. The summed E-state index contributed by atoms with van der Waals surface area (Å²) in [5, 5.41) is 2.51. The SMILES string of the molecule is CC1(C)c2ccccc2-c2cc(C3(c4ccccc4)c4ccccc4N(c4ccc(N(c5ccc(-c6ccccc6)cc5)c5ccc6c(c5)C(C)(C)c5ccccc5-6)cc4)c4ccccc43)ccc21.CC1(C)c2ccccc2-c2ccc(C3(c4ccccc4)c4ccccc4N(c4ccc(-c5cccc(-c6ccc7c(c6)c6ccccc6n7-c6ccccc6)c5)cc4)c4ccccc43)cc21. The van der Waals surface area contributed by atoms with Gasteiger partial charge in [0.15, 0.2) is 0 Å². The monoisotopic (exact) mass is 1730 g/mol. The van der Waals surface area contributed by atoms with Crippen LogP contribution in [0.5, 0.6) is 0 Å². The van der Waals surface area contributed by atoms with Crippen LogP contribution in [0.3, 0.4) is 0 Å². The van der Waals surface area contributed by atoms with Crippen molar-refractivity contribution in [2.24, 2.45) is 0 Å². The van der Waals surface area contributed by atoms with Crippen LogP contribution >= 0.6 is 0 Å². The maximum Gasteiger partial charge on any atom is 0.0742 e. The summed E-state index contributed by atoms with van der Waals surface area (Å²) < 4.78 is 2.38. The lowest BCUT2D eigenvalue weighted by Crippen LogP contribution is -2.38. The van der Waals surface area contributed by atoms with Crippen molar-refractivity contribution in [3.05, 3.63) is 563 Å². The highest BCUT2D eigenvalue weighted by Gasteiger charge is 2.51. The molecule has 21 aromatic rings. The first-order chi connectivity index (χ1) is 66.2. The van der Waals surface area contributed by atoms with Gasteiger partial charge in [-0.25, -0.2) is 0 Å². The predicted octanol–water partition coefficient (Wildman–Crippen LogP) is 34.2. The van der Waals surface area contributed by atoms with Gasteiger partial charge in [0.2, 0.25) is 0 Å². The molecule has 20 aromatic carbocycles. The lowest BCUT2D eigenvalue weighted by atomic mass is 9.62. The minimum absolute atomic E-state index is 0.0834. The lowest BCUT2D eigenvalue weighted by molar-refractivity contribution is 0.654. The highest BCUT2D eigenvalue weighted by atomic mass is 15.2. The fraction of sp³-hybridized carbons (Fsp3) is 0.0840. The summed E-state index contributed by atoms with van der Waals surface area (Å²) in [5.41, 5.74) is 45.9. The second-order valence-electron chi connectivity index (χ2n) is 38.5. The van der Waals surface area contributed by atoms with E-state index in [-0.39, 0.29) is 16.2 Å². The lowest BCUT2D eigenvalue weighted by Gasteiger charge is -2.46. The van der Waals surface area contributed by atoms with Gasteiger partial charge in [-0.3, -0.25) is 0 Å². The highest BCUT2D eigenvalue weighted by Crippen LogP contribution is 2.63. The number of hydrogen-bond donors (Lipinski definition) is 0. The first-order valence-electron chi connectivity index (χ1n) is 47.4. The van der Waals surface area contributed by atoms with Crippen LogP contribution in [0.25, 0.3) is 94.3 Å². The van der Waals surface area contributed by atoms with E-state index in [1.807, 2.05) is 0 Å². The molecule has 0 unspecified atom stereocenters. The second kappa shape index (κ2) is 31.4. The summed E-state index contributed by atoms with van der Waals surface area (Å²) in [7, 11) is 0. The average molecular weight is 1730 g/mol. The molecule has 642 valence electrons. The largest absolute Gasteiger partial charge is 0.310 e. The Morgan fingerprint density at radius 2 is 0.511 bits per heavy atom. The molecule has 0 bridgehead atoms. The predicted molar refractivity (Wildman–Crippen MR) is 564 cm³/mol. The van der Waals surface area contributed by atoms with Crippen LogP contribution in [0.15, 0.2) is 485 Å². The number of anilines is 9. The van der Waals surface area contributed by atoms with Crippen LogP contribution in [0.1, 0.15) is 119 Å². The Labute approximate surface area is 791 Å². The Morgan fingerprint density at radius 3 is 1.04 bits per heavy atom. The summed E-state index contributed by atoms with van der Waals surface area (Å²) in [5.74, 6) is 0. The van der Waals surface area contributed by atoms with Gasteiger partial charge in [0.1, 0.15) is 0 Å². The molecule has 2 aliphatic heterocycles. The van der Waals surface area contributed by atoms with E-state index < -0.39 is 10.8 Å². The van der Waals surface area contributed by atoms with Gasteiger partial charge in [-0.2, -0.15) is 0 Å². The molecule has 0 atom stereocenters. The number of hydrogen-bond acceptors (Lipinski definition) is 3. The molecule has 0 fully saturated rings. The summed E-state index contributed by atoms with van der Waals surface area (Å²) >= 11 is 0. The Hall–Kier alpha value is -16.4. The number of rotatable bonds is 13. The van der Waals surface area contributed by atoms with Crippen molar-refractivity contribution in [1.29, 1.82) is 0 Å². The van der Waals surface area contributed by atoms with E-state index in [9.17, 15) is 0 Å². The van der Waals surface area contributed by atoms with Gasteiger partial charge in [0, 0.05) is 61.1 Å². The zero-order chi connectivity index (χ0) is 90.5. The van der Waals surface area contributed by atoms with Crippen molar-refractivity contribution in [2.45, 2.75) is 68.6 Å². The third kappa shape index (κ3) is 12.4. The van der Waals surface area contributed by atoms with Gasteiger partial charge in [-0.15, -0.1) is 0 Å². The molecule has 4 heteroatoms. The van der Waals surface area contributed by atoms with E-state index in [0.717, 1.165) is 28.4 Å². The molecule has 0 spiro atoms. The summed E-state index contributed by atoms with van der Waals surface area (Å²) in [6.07, 6.45) is 0. The van der Waals surface area contributed by atoms with Crippen molar-refractivity contribution in [2.75, 3.05) is 14.7 Å². The number of nitrogens with zero attached hydrogens (tertiary/aromatic N) is 4. The van der Waals surface area contributed by atoms with Crippen LogP contribution in [0.4, 0.5) is 51.2 Å². The molecule has 0 radical (unpaired) electrons. The first-order valence-corrected chi connectivity index (χ1v) is 47.4. The van der Waals surface area contributed by atoms with Crippen molar-refractivity contribution in [3.63, 3.8) is 0 Å². The fourth-order valence-electron chi connectivity index (χ4n) is 24.0. The molecule has 0 saturated heterocycles. The van der Waals surface area contributed by atoms with Gasteiger partial charge in [0.05, 0.1) is 44.6 Å². The van der Waals surface area contributed by atoms with Crippen molar-refractivity contribution >= 4 is 73.0 Å². The van der Waals surface area contributed by atoms with Crippen LogP contribution in [0, 0.1) is 0 Å². The summed E-state index contributed by atoms with van der Waals surface area (Å²) in [4.78, 5) is 7.37. The Bertz CT molecular complexity index is 8150. The van der Waals surface area contributed by atoms with Crippen molar-refractivity contribution in [1.82, 2.24) is 4.57 Å². The summed E-state index contributed by atoms with van der Waals surface area (Å²) in [6, 6.07) is 181. The maximum atomic E-state index is 2.52. The maximum absolute atomic E-state index is 2.52. The second-order valence-corrected chi connectivity index (χ2v) is 38.5. The molecule has 135 heavy (non-hydrogen) atoms. The fourth-order valence-corrected chi connectivity index (χ4v) is 24.0. The van der Waals surface area contributed by atoms with Crippen LogP contribution in [0.2, 0.25) is 0 Å². The first kappa shape index (κ1) is 80.7. The molecule has 4 nitrogen and oxygen atoms in total. The molecule has 0 N–H and O–H groups in total. The third-order valence-corrected chi connectivity index (χ3v) is 30.4. The van der Waals surface area contributed by atoms with E-state index in [1.54, 1.807) is 0 Å². The van der Waals surface area contributed by atoms with Gasteiger partial charge in [-0.05, 0) is 272 Å². The minimum atomic E-state index is -0.592. The number of benzene rings is 20. The van der Waals surface area contributed by atoms with E-state index >= 15 is 0 Å². The summed E-state index contributed by atoms with van der Waals surface area (Å²) in [6.45, 7) is 14.2. The quantitative estimate of drug-likeness (QED) is 0.114. The van der Waals surface area contributed by atoms with Crippen LogP contribution in [-0.4, -0.2) is 4.57 Å². The van der Waals surface area contributed by atoms with E-state index in [4.69, 9.17) is 0 Å². The van der Waals surface area contributed by atoms with Gasteiger partial charge in [-0.1, -0.05) is 399 Å². The van der Waals surface area contributed by atoms with Crippen LogP contribution < -0.4 is 14.7 Å².